The monoisotopic (exact) mass is 270 g/mol. The number of benzene rings is 1. The highest BCUT2D eigenvalue weighted by molar-refractivity contribution is 5.25. The summed E-state index contributed by atoms with van der Waals surface area (Å²) < 4.78 is 0. The van der Waals surface area contributed by atoms with Crippen molar-refractivity contribution in [3.05, 3.63) is 47.5 Å². The molecule has 1 heteroatoms. The van der Waals surface area contributed by atoms with Gasteiger partial charge in [-0.1, -0.05) is 67.7 Å². The highest BCUT2D eigenvalue weighted by Gasteiger charge is 2.16. The van der Waals surface area contributed by atoms with Gasteiger partial charge in [-0.25, -0.2) is 0 Å². The van der Waals surface area contributed by atoms with Gasteiger partial charge >= 0.3 is 0 Å². The first-order chi connectivity index (χ1) is 9.65. The lowest BCUT2D eigenvalue weighted by molar-refractivity contribution is 0.154. The fraction of sp³-hybridized carbons (Fsp3) is 0.474. The highest BCUT2D eigenvalue weighted by atomic mass is 16.3. The maximum Gasteiger partial charge on any atom is 0.0962 e. The summed E-state index contributed by atoms with van der Waals surface area (Å²) in [6.07, 6.45) is 6.01. The first-order valence-electron chi connectivity index (χ1n) is 7.51. The Labute approximate surface area is 123 Å². The molecule has 20 heavy (non-hydrogen) atoms. The Morgan fingerprint density at radius 3 is 2.50 bits per heavy atom. The van der Waals surface area contributed by atoms with Crippen molar-refractivity contribution in [1.29, 1.82) is 0 Å². The highest BCUT2D eigenvalue weighted by Crippen LogP contribution is 2.23. The molecule has 0 aliphatic carbocycles. The fourth-order valence-corrected chi connectivity index (χ4v) is 2.08. The SMILES string of the molecule is CCCCCC#CC(C=C(C)C)C(O)c1ccccc1. The van der Waals surface area contributed by atoms with Gasteiger partial charge in [0.15, 0.2) is 0 Å². The van der Waals surface area contributed by atoms with Gasteiger partial charge in [0.2, 0.25) is 0 Å². The normalized spacial score (nSPS) is 13.0. The fourth-order valence-electron chi connectivity index (χ4n) is 2.08. The summed E-state index contributed by atoms with van der Waals surface area (Å²) in [7, 11) is 0. The number of aliphatic hydroxyl groups is 1. The number of unbranched alkanes of at least 4 members (excludes halogenated alkanes) is 3. The molecule has 1 aromatic rings. The van der Waals surface area contributed by atoms with Gasteiger partial charge in [-0.3, -0.25) is 0 Å². The van der Waals surface area contributed by atoms with E-state index >= 15 is 0 Å². The zero-order valence-corrected chi connectivity index (χ0v) is 12.9. The average Bonchev–Trinajstić information content (AvgIpc) is 2.45. The number of rotatable bonds is 6. The van der Waals surface area contributed by atoms with Crippen LogP contribution in [-0.4, -0.2) is 5.11 Å². The van der Waals surface area contributed by atoms with E-state index < -0.39 is 6.10 Å². The van der Waals surface area contributed by atoms with Crippen LogP contribution in [0.2, 0.25) is 0 Å². The van der Waals surface area contributed by atoms with Gasteiger partial charge in [0, 0.05) is 6.42 Å². The molecule has 0 saturated heterocycles. The smallest absolute Gasteiger partial charge is 0.0962 e. The molecular weight excluding hydrogens is 244 g/mol. The van der Waals surface area contributed by atoms with Gasteiger partial charge in [-0.05, 0) is 25.8 Å². The van der Waals surface area contributed by atoms with E-state index in [2.05, 4.69) is 24.8 Å². The molecule has 0 radical (unpaired) electrons. The van der Waals surface area contributed by atoms with Crippen molar-refractivity contribution in [2.24, 2.45) is 5.92 Å². The molecule has 1 aromatic carbocycles. The molecular formula is C19H26O. The average molecular weight is 270 g/mol. The summed E-state index contributed by atoms with van der Waals surface area (Å²) in [6, 6.07) is 9.77. The molecule has 1 nitrogen and oxygen atoms in total. The van der Waals surface area contributed by atoms with E-state index in [0.29, 0.717) is 0 Å². The molecule has 108 valence electrons. The molecule has 0 aliphatic heterocycles. The van der Waals surface area contributed by atoms with Crippen LogP contribution in [0.15, 0.2) is 42.0 Å². The van der Waals surface area contributed by atoms with E-state index in [1.807, 2.05) is 44.2 Å². The van der Waals surface area contributed by atoms with E-state index in [-0.39, 0.29) is 5.92 Å². The maximum atomic E-state index is 10.5. The second-order valence-corrected chi connectivity index (χ2v) is 5.40. The van der Waals surface area contributed by atoms with Crippen molar-refractivity contribution in [3.63, 3.8) is 0 Å². The Bertz CT molecular complexity index is 458. The Hall–Kier alpha value is -1.52. The number of allylic oxidation sites excluding steroid dienone is 1. The largest absolute Gasteiger partial charge is 0.387 e. The summed E-state index contributed by atoms with van der Waals surface area (Å²) in [5.41, 5.74) is 2.12. The lowest BCUT2D eigenvalue weighted by Crippen LogP contribution is -2.09. The molecule has 0 saturated carbocycles. The van der Waals surface area contributed by atoms with Gasteiger partial charge in [-0.2, -0.15) is 0 Å². The minimum absolute atomic E-state index is 0.121. The van der Waals surface area contributed by atoms with Crippen molar-refractivity contribution >= 4 is 0 Å². The van der Waals surface area contributed by atoms with Gasteiger partial charge in [0.25, 0.3) is 0 Å². The zero-order chi connectivity index (χ0) is 14.8. The Morgan fingerprint density at radius 2 is 1.90 bits per heavy atom. The minimum atomic E-state index is -0.551. The third kappa shape index (κ3) is 6.08. The third-order valence-corrected chi connectivity index (χ3v) is 3.17. The Balaban J connectivity index is 2.76. The Kier molecular flexibility index (Phi) is 7.77. The molecule has 0 amide bonds. The summed E-state index contributed by atoms with van der Waals surface area (Å²) in [5.74, 6) is 6.33. The van der Waals surface area contributed by atoms with Crippen molar-refractivity contribution in [3.8, 4) is 11.8 Å². The predicted molar refractivity (Wildman–Crippen MR) is 86.2 cm³/mol. The molecule has 2 unspecified atom stereocenters. The van der Waals surface area contributed by atoms with Crippen LogP contribution in [0.5, 0.6) is 0 Å². The van der Waals surface area contributed by atoms with Crippen LogP contribution in [-0.2, 0) is 0 Å². The van der Waals surface area contributed by atoms with E-state index in [0.717, 1.165) is 18.4 Å². The standard InChI is InChI=1S/C19H26O/c1-4-5-6-7-9-14-18(15-16(2)3)19(20)17-12-10-8-11-13-17/h8,10-13,15,18-20H,4-7H2,1-3H3. The van der Waals surface area contributed by atoms with Crippen molar-refractivity contribution in [2.75, 3.05) is 0 Å². The third-order valence-electron chi connectivity index (χ3n) is 3.17. The molecule has 0 spiro atoms. The molecule has 0 bridgehead atoms. The Morgan fingerprint density at radius 1 is 1.20 bits per heavy atom. The van der Waals surface area contributed by atoms with Crippen molar-refractivity contribution in [2.45, 2.75) is 52.6 Å². The molecule has 0 aromatic heterocycles. The molecule has 0 fully saturated rings. The lowest BCUT2D eigenvalue weighted by atomic mass is 9.94. The van der Waals surface area contributed by atoms with E-state index in [1.54, 1.807) is 0 Å². The minimum Gasteiger partial charge on any atom is -0.387 e. The number of hydrogen-bond acceptors (Lipinski definition) is 1. The maximum absolute atomic E-state index is 10.5. The lowest BCUT2D eigenvalue weighted by Gasteiger charge is -2.16. The summed E-state index contributed by atoms with van der Waals surface area (Å²) >= 11 is 0. The van der Waals surface area contributed by atoms with Gasteiger partial charge in [-0.15, -0.1) is 5.92 Å². The molecule has 1 rings (SSSR count). The van der Waals surface area contributed by atoms with E-state index in [4.69, 9.17) is 0 Å². The van der Waals surface area contributed by atoms with Crippen LogP contribution < -0.4 is 0 Å². The van der Waals surface area contributed by atoms with Crippen LogP contribution in [0, 0.1) is 17.8 Å². The molecule has 0 heterocycles. The number of aliphatic hydroxyl groups excluding tert-OH is 1. The summed E-state index contributed by atoms with van der Waals surface area (Å²) in [6.45, 7) is 6.28. The van der Waals surface area contributed by atoms with Gasteiger partial charge in [0.1, 0.15) is 0 Å². The number of hydrogen-bond donors (Lipinski definition) is 1. The van der Waals surface area contributed by atoms with Crippen LogP contribution in [0.25, 0.3) is 0 Å². The quantitative estimate of drug-likeness (QED) is 0.443. The molecule has 0 aliphatic rings. The topological polar surface area (TPSA) is 20.2 Å². The second-order valence-electron chi connectivity index (χ2n) is 5.40. The first kappa shape index (κ1) is 16.5. The summed E-state index contributed by atoms with van der Waals surface area (Å²) in [5, 5.41) is 10.5. The molecule has 1 N–H and O–H groups in total. The van der Waals surface area contributed by atoms with E-state index in [1.165, 1.54) is 18.4 Å². The van der Waals surface area contributed by atoms with E-state index in [9.17, 15) is 5.11 Å². The summed E-state index contributed by atoms with van der Waals surface area (Å²) in [4.78, 5) is 0. The molecule has 2 atom stereocenters. The first-order valence-corrected chi connectivity index (χ1v) is 7.51. The zero-order valence-electron chi connectivity index (χ0n) is 12.9. The van der Waals surface area contributed by atoms with Crippen LogP contribution in [0.3, 0.4) is 0 Å². The van der Waals surface area contributed by atoms with Crippen molar-refractivity contribution < 1.29 is 5.11 Å². The van der Waals surface area contributed by atoms with Crippen LogP contribution >= 0.6 is 0 Å². The van der Waals surface area contributed by atoms with Gasteiger partial charge in [0.05, 0.1) is 12.0 Å². The van der Waals surface area contributed by atoms with Crippen molar-refractivity contribution in [1.82, 2.24) is 0 Å². The van der Waals surface area contributed by atoms with Crippen LogP contribution in [0.1, 0.15) is 58.1 Å². The van der Waals surface area contributed by atoms with Gasteiger partial charge < -0.3 is 5.11 Å². The predicted octanol–water partition coefficient (Wildman–Crippen LogP) is 4.89. The van der Waals surface area contributed by atoms with Crippen LogP contribution in [0.4, 0.5) is 0 Å². The second kappa shape index (κ2) is 9.39.